The van der Waals surface area contributed by atoms with Crippen LogP contribution in [0.5, 0.6) is 0 Å². The van der Waals surface area contributed by atoms with E-state index in [4.69, 9.17) is 9.15 Å². The van der Waals surface area contributed by atoms with Gasteiger partial charge in [0.05, 0.1) is 17.2 Å². The van der Waals surface area contributed by atoms with Gasteiger partial charge in [-0.05, 0) is 40.8 Å². The van der Waals surface area contributed by atoms with Gasteiger partial charge < -0.3 is 9.15 Å². The number of sulfonamides is 1. The average molecular weight is 401 g/mol. The summed E-state index contributed by atoms with van der Waals surface area (Å²) >= 11 is 0. The van der Waals surface area contributed by atoms with Gasteiger partial charge in [-0.2, -0.15) is 0 Å². The van der Waals surface area contributed by atoms with E-state index in [9.17, 15) is 13.2 Å². The number of ether oxygens (including phenoxy) is 1. The van der Waals surface area contributed by atoms with Crippen molar-refractivity contribution in [3.63, 3.8) is 0 Å². The van der Waals surface area contributed by atoms with E-state index in [0.717, 1.165) is 5.56 Å². The minimum absolute atomic E-state index is 0.0640. The first-order valence-corrected chi connectivity index (χ1v) is 10.3. The molecule has 0 saturated heterocycles. The van der Waals surface area contributed by atoms with Crippen LogP contribution in [0, 0.1) is 0 Å². The summed E-state index contributed by atoms with van der Waals surface area (Å²) in [6.07, 6.45) is 0. The van der Waals surface area contributed by atoms with Crippen LogP contribution in [0.3, 0.4) is 0 Å². The maximum atomic E-state index is 12.7. The summed E-state index contributed by atoms with van der Waals surface area (Å²) in [6, 6.07) is 13.0. The quantitative estimate of drug-likeness (QED) is 0.652. The monoisotopic (exact) mass is 401 g/mol. The van der Waals surface area contributed by atoms with Gasteiger partial charge in [-0.25, -0.2) is 13.2 Å². The maximum Gasteiger partial charge on any atom is 0.336 e. The second-order valence-electron chi connectivity index (χ2n) is 7.61. The molecule has 6 nitrogen and oxygen atoms in total. The molecule has 0 bridgehead atoms. The van der Waals surface area contributed by atoms with Gasteiger partial charge >= 0.3 is 5.63 Å². The van der Waals surface area contributed by atoms with Gasteiger partial charge in [-0.1, -0.05) is 32.9 Å². The largest absolute Gasteiger partial charge is 0.423 e. The van der Waals surface area contributed by atoms with E-state index in [1.807, 2.05) is 12.1 Å². The third kappa shape index (κ3) is 4.26. The first-order valence-electron chi connectivity index (χ1n) is 8.79. The van der Waals surface area contributed by atoms with E-state index in [-0.39, 0.29) is 16.9 Å². The van der Waals surface area contributed by atoms with Crippen molar-refractivity contribution in [2.45, 2.75) is 37.7 Å². The zero-order chi connectivity index (χ0) is 20.5. The molecule has 1 heterocycles. The van der Waals surface area contributed by atoms with Crippen LogP contribution in [0.1, 0.15) is 31.9 Å². The number of nitrogens with one attached hydrogen (secondary N) is 1. The van der Waals surface area contributed by atoms with Crippen molar-refractivity contribution in [3.8, 4) is 0 Å². The summed E-state index contributed by atoms with van der Waals surface area (Å²) in [6.45, 7) is 6.45. The molecule has 7 heteroatoms. The molecule has 0 saturated carbocycles. The molecule has 3 rings (SSSR count). The summed E-state index contributed by atoms with van der Waals surface area (Å²) in [4.78, 5) is 11.9. The molecule has 148 valence electrons. The summed E-state index contributed by atoms with van der Waals surface area (Å²) < 4.78 is 38.3. The number of fused-ring (bicyclic) bond motifs is 1. The van der Waals surface area contributed by atoms with Gasteiger partial charge in [0.1, 0.15) is 5.58 Å². The number of hydrogen-bond donors (Lipinski definition) is 1. The molecular weight excluding hydrogens is 378 g/mol. The molecule has 0 radical (unpaired) electrons. The summed E-state index contributed by atoms with van der Waals surface area (Å²) in [5, 5.41) is 0.693. The van der Waals surface area contributed by atoms with Crippen molar-refractivity contribution in [3.05, 3.63) is 70.1 Å². The van der Waals surface area contributed by atoms with Crippen LogP contribution in [-0.2, 0) is 26.8 Å². The van der Waals surface area contributed by atoms with Crippen molar-refractivity contribution in [1.29, 1.82) is 0 Å². The summed E-state index contributed by atoms with van der Waals surface area (Å²) in [5.74, 6) is 0. The average Bonchev–Trinajstić information content (AvgIpc) is 2.60. The van der Waals surface area contributed by atoms with Crippen LogP contribution in [-0.4, -0.2) is 15.5 Å². The highest BCUT2D eigenvalue weighted by Gasteiger charge is 2.18. The molecule has 0 aliphatic rings. The lowest BCUT2D eigenvalue weighted by molar-refractivity contribution is 0.185. The predicted octanol–water partition coefficient (Wildman–Crippen LogP) is 4.04. The van der Waals surface area contributed by atoms with Gasteiger partial charge in [-0.15, -0.1) is 0 Å². The van der Waals surface area contributed by atoms with Crippen LogP contribution < -0.4 is 10.3 Å². The first-order chi connectivity index (χ1) is 13.1. The van der Waals surface area contributed by atoms with Gasteiger partial charge in [-0.3, -0.25) is 4.72 Å². The number of rotatable bonds is 5. The number of benzene rings is 2. The Kier molecular flexibility index (Phi) is 5.32. The standard InChI is InChI=1S/C21H23NO5S/c1-21(2,3)15-5-8-17(9-6-15)28(24,25)22-16-7-10-18-14(13-26-4)11-20(23)27-19(18)12-16/h5-12,22H,13H2,1-4H3. The van der Waals surface area contributed by atoms with Crippen molar-refractivity contribution < 1.29 is 17.6 Å². The van der Waals surface area contributed by atoms with Crippen molar-refractivity contribution >= 4 is 26.7 Å². The third-order valence-electron chi connectivity index (χ3n) is 4.41. The van der Waals surface area contributed by atoms with Crippen molar-refractivity contribution in [2.24, 2.45) is 0 Å². The molecular formula is C21H23NO5S. The Morgan fingerprint density at radius 2 is 1.71 bits per heavy atom. The number of methoxy groups -OCH3 is 1. The Hall–Kier alpha value is -2.64. The Morgan fingerprint density at radius 3 is 2.32 bits per heavy atom. The van der Waals surface area contributed by atoms with Crippen LogP contribution in [0.25, 0.3) is 11.0 Å². The predicted molar refractivity (Wildman–Crippen MR) is 109 cm³/mol. The lowest BCUT2D eigenvalue weighted by Gasteiger charge is -2.19. The fourth-order valence-electron chi connectivity index (χ4n) is 2.92. The van der Waals surface area contributed by atoms with E-state index in [2.05, 4.69) is 25.5 Å². The van der Waals surface area contributed by atoms with E-state index in [0.29, 0.717) is 22.2 Å². The Labute approximate surface area is 164 Å². The molecule has 1 N–H and O–H groups in total. The molecule has 0 aliphatic heterocycles. The second kappa shape index (κ2) is 7.41. The highest BCUT2D eigenvalue weighted by molar-refractivity contribution is 7.92. The highest BCUT2D eigenvalue weighted by atomic mass is 32.2. The second-order valence-corrected chi connectivity index (χ2v) is 9.30. The fraction of sp³-hybridized carbons (Fsp3) is 0.286. The summed E-state index contributed by atoms with van der Waals surface area (Å²) in [7, 11) is -2.23. The van der Waals surface area contributed by atoms with E-state index >= 15 is 0 Å². The van der Waals surface area contributed by atoms with Gasteiger partial charge in [0.15, 0.2) is 0 Å². The van der Waals surface area contributed by atoms with Crippen molar-refractivity contribution in [2.75, 3.05) is 11.8 Å². The minimum Gasteiger partial charge on any atom is -0.423 e. The van der Waals surface area contributed by atoms with Crippen LogP contribution in [0.2, 0.25) is 0 Å². The topological polar surface area (TPSA) is 85.6 Å². The first kappa shape index (κ1) is 20.1. The minimum atomic E-state index is -3.77. The Bertz CT molecular complexity index is 1160. The zero-order valence-corrected chi connectivity index (χ0v) is 17.1. The van der Waals surface area contributed by atoms with Gasteiger partial charge in [0.2, 0.25) is 0 Å². The van der Waals surface area contributed by atoms with E-state index < -0.39 is 15.6 Å². The Balaban J connectivity index is 1.94. The molecule has 0 amide bonds. The zero-order valence-electron chi connectivity index (χ0n) is 16.3. The molecule has 1 aromatic heterocycles. The molecule has 0 aliphatic carbocycles. The van der Waals surface area contributed by atoms with Crippen LogP contribution >= 0.6 is 0 Å². The molecule has 0 unspecified atom stereocenters. The normalized spacial score (nSPS) is 12.3. The highest BCUT2D eigenvalue weighted by Crippen LogP contribution is 2.26. The summed E-state index contributed by atoms with van der Waals surface area (Å²) in [5.41, 5.74) is 1.75. The number of anilines is 1. The molecule has 28 heavy (non-hydrogen) atoms. The smallest absolute Gasteiger partial charge is 0.336 e. The van der Waals surface area contributed by atoms with E-state index in [1.165, 1.54) is 19.2 Å². The van der Waals surface area contributed by atoms with Crippen LogP contribution in [0.4, 0.5) is 5.69 Å². The van der Waals surface area contributed by atoms with Crippen molar-refractivity contribution in [1.82, 2.24) is 0 Å². The lowest BCUT2D eigenvalue weighted by atomic mass is 9.87. The Morgan fingerprint density at radius 1 is 1.04 bits per heavy atom. The van der Waals surface area contributed by atoms with Gasteiger partial charge in [0, 0.05) is 24.6 Å². The molecule has 3 aromatic rings. The van der Waals surface area contributed by atoms with Crippen LogP contribution in [0.15, 0.2) is 62.6 Å². The number of hydrogen-bond acceptors (Lipinski definition) is 5. The molecule has 0 spiro atoms. The maximum absolute atomic E-state index is 12.7. The SMILES string of the molecule is COCc1cc(=O)oc2cc(NS(=O)(=O)c3ccc(C(C)(C)C)cc3)ccc12. The molecule has 0 fully saturated rings. The third-order valence-corrected chi connectivity index (χ3v) is 5.81. The fourth-order valence-corrected chi connectivity index (χ4v) is 3.97. The van der Waals surface area contributed by atoms with E-state index in [1.54, 1.807) is 24.3 Å². The molecule has 2 aromatic carbocycles. The van der Waals surface area contributed by atoms with Gasteiger partial charge in [0.25, 0.3) is 10.0 Å². The molecule has 0 atom stereocenters. The lowest BCUT2D eigenvalue weighted by Crippen LogP contribution is -2.15.